The molecule has 0 spiro atoms. The van der Waals surface area contributed by atoms with E-state index in [4.69, 9.17) is 0 Å². The third-order valence-corrected chi connectivity index (χ3v) is 8.08. The fourth-order valence-electron chi connectivity index (χ4n) is 5.19. The molecule has 0 aliphatic heterocycles. The molecule has 0 saturated heterocycles. The first-order chi connectivity index (χ1) is 20.4. The highest BCUT2D eigenvalue weighted by Crippen LogP contribution is 2.25. The van der Waals surface area contributed by atoms with Gasteiger partial charge >= 0.3 is 0 Å². The lowest BCUT2D eigenvalue weighted by Crippen LogP contribution is -2.32. The van der Waals surface area contributed by atoms with E-state index in [1.165, 1.54) is 26.5 Å². The predicted molar refractivity (Wildman–Crippen MR) is 163 cm³/mol. The molecule has 6 rings (SSSR count). The average Bonchev–Trinajstić information content (AvgIpc) is 3.56. The van der Waals surface area contributed by atoms with Crippen LogP contribution in [0, 0.1) is 19.7 Å². The molecule has 3 aromatic carbocycles. The zero-order valence-corrected chi connectivity index (χ0v) is 23.9. The summed E-state index contributed by atoms with van der Waals surface area (Å²) < 4.78 is 17.5. The van der Waals surface area contributed by atoms with E-state index in [9.17, 15) is 14.0 Å². The number of halogens is 1. The Morgan fingerprint density at radius 2 is 1.67 bits per heavy atom. The van der Waals surface area contributed by atoms with Crippen LogP contribution in [0.4, 0.5) is 4.39 Å². The van der Waals surface area contributed by atoms with Gasteiger partial charge in [0.05, 0.1) is 23.7 Å². The highest BCUT2D eigenvalue weighted by molar-refractivity contribution is 7.15. The van der Waals surface area contributed by atoms with E-state index in [0.717, 1.165) is 11.1 Å². The molecular formula is C33H28FN5O2S. The highest BCUT2D eigenvalue weighted by Gasteiger charge is 2.22. The summed E-state index contributed by atoms with van der Waals surface area (Å²) in [5.74, 6) is -0.613. The molecule has 42 heavy (non-hydrogen) atoms. The Morgan fingerprint density at radius 3 is 2.40 bits per heavy atom. The number of carbonyl (C=O) groups excluding carboxylic acids is 1. The summed E-state index contributed by atoms with van der Waals surface area (Å²) >= 11 is 1.31. The first-order valence-electron chi connectivity index (χ1n) is 13.6. The number of hydrogen-bond acceptors (Lipinski definition) is 5. The van der Waals surface area contributed by atoms with E-state index in [1.807, 2.05) is 60.7 Å². The van der Waals surface area contributed by atoms with E-state index in [2.05, 4.69) is 15.4 Å². The SMILES string of the molecule is Cc1nc2scc(CC(=O)N[C@H](Cc3ccccc3)c3ccccc3)n2c(=O)c1-c1cc(C)n(-c2ccccc2F)n1. The van der Waals surface area contributed by atoms with Crippen molar-refractivity contribution in [2.45, 2.75) is 32.7 Å². The molecule has 0 fully saturated rings. The standard InChI is InChI=1S/C33H28FN5O2S/c1-21-17-28(37-39(21)29-16-10-9-15-26(29)34)31-22(2)35-33-38(32(31)41)25(20-42-33)19-30(40)36-27(24-13-7-4-8-14-24)18-23-11-5-3-6-12-23/h3-17,20,27H,18-19H2,1-2H3,(H,36,40)/t27-/m1/s1. The molecule has 9 heteroatoms. The van der Waals surface area contributed by atoms with Crippen LogP contribution in [0.2, 0.25) is 0 Å². The second-order valence-corrected chi connectivity index (χ2v) is 11.0. The molecule has 210 valence electrons. The monoisotopic (exact) mass is 577 g/mol. The van der Waals surface area contributed by atoms with Crippen molar-refractivity contribution in [3.8, 4) is 16.9 Å². The van der Waals surface area contributed by atoms with E-state index < -0.39 is 5.82 Å². The molecule has 1 amide bonds. The van der Waals surface area contributed by atoms with Gasteiger partial charge in [0.25, 0.3) is 5.56 Å². The lowest BCUT2D eigenvalue weighted by atomic mass is 9.98. The summed E-state index contributed by atoms with van der Waals surface area (Å²) in [6.45, 7) is 3.56. The molecule has 1 atom stereocenters. The maximum atomic E-state index is 14.5. The number of aryl methyl sites for hydroxylation is 2. The smallest absolute Gasteiger partial charge is 0.268 e. The Hall–Kier alpha value is -4.89. The molecule has 0 saturated carbocycles. The highest BCUT2D eigenvalue weighted by atomic mass is 32.1. The molecule has 6 aromatic rings. The summed E-state index contributed by atoms with van der Waals surface area (Å²) in [6, 6.07) is 27.7. The number of amides is 1. The van der Waals surface area contributed by atoms with E-state index in [-0.39, 0.29) is 23.9 Å². The van der Waals surface area contributed by atoms with Gasteiger partial charge in [0.15, 0.2) is 4.96 Å². The third kappa shape index (κ3) is 5.38. The molecule has 3 aromatic heterocycles. The van der Waals surface area contributed by atoms with Gasteiger partial charge in [0.2, 0.25) is 5.91 Å². The molecule has 0 bridgehead atoms. The van der Waals surface area contributed by atoms with Crippen molar-refractivity contribution in [1.29, 1.82) is 0 Å². The number of benzene rings is 3. The van der Waals surface area contributed by atoms with Gasteiger partial charge in [0, 0.05) is 16.8 Å². The summed E-state index contributed by atoms with van der Waals surface area (Å²) in [5, 5.41) is 9.55. The fraction of sp³-hybridized carbons (Fsp3) is 0.152. The molecule has 7 nitrogen and oxygen atoms in total. The second-order valence-electron chi connectivity index (χ2n) is 10.2. The molecule has 3 heterocycles. The van der Waals surface area contributed by atoms with Gasteiger partial charge in [-0.15, -0.1) is 11.3 Å². The number of rotatable bonds is 8. The first kappa shape index (κ1) is 27.3. The van der Waals surface area contributed by atoms with Crippen LogP contribution in [0.25, 0.3) is 21.9 Å². The normalized spacial score (nSPS) is 12.0. The third-order valence-electron chi connectivity index (χ3n) is 7.21. The van der Waals surface area contributed by atoms with Crippen molar-refractivity contribution in [2.75, 3.05) is 0 Å². The Kier molecular flexibility index (Phi) is 7.50. The topological polar surface area (TPSA) is 81.3 Å². The van der Waals surface area contributed by atoms with Crippen LogP contribution in [-0.4, -0.2) is 25.1 Å². The van der Waals surface area contributed by atoms with Gasteiger partial charge in [-0.1, -0.05) is 72.8 Å². The van der Waals surface area contributed by atoms with Crippen molar-refractivity contribution in [3.05, 3.63) is 141 Å². The van der Waals surface area contributed by atoms with Crippen LogP contribution in [0.5, 0.6) is 0 Å². The van der Waals surface area contributed by atoms with Gasteiger partial charge in [-0.25, -0.2) is 14.1 Å². The number of para-hydroxylation sites is 1. The number of carbonyl (C=O) groups is 1. The Morgan fingerprint density at radius 1 is 0.976 bits per heavy atom. The number of nitrogens with one attached hydrogen (secondary N) is 1. The average molecular weight is 578 g/mol. The lowest BCUT2D eigenvalue weighted by Gasteiger charge is -2.19. The minimum atomic E-state index is -0.413. The van der Waals surface area contributed by atoms with E-state index in [1.54, 1.807) is 43.5 Å². The van der Waals surface area contributed by atoms with Gasteiger partial charge in [-0.2, -0.15) is 5.10 Å². The van der Waals surface area contributed by atoms with Gasteiger partial charge in [-0.3, -0.25) is 14.0 Å². The zero-order valence-electron chi connectivity index (χ0n) is 23.1. The molecule has 0 aliphatic rings. The number of aromatic nitrogens is 4. The number of hydrogen-bond donors (Lipinski definition) is 1. The summed E-state index contributed by atoms with van der Waals surface area (Å²) in [7, 11) is 0. The van der Waals surface area contributed by atoms with Gasteiger partial charge in [-0.05, 0) is 49.6 Å². The minimum absolute atomic E-state index is 0.00487. The van der Waals surface area contributed by atoms with Crippen LogP contribution >= 0.6 is 11.3 Å². The lowest BCUT2D eigenvalue weighted by molar-refractivity contribution is -0.121. The van der Waals surface area contributed by atoms with E-state index >= 15 is 0 Å². The maximum Gasteiger partial charge on any atom is 0.268 e. The number of fused-ring (bicyclic) bond motifs is 1. The van der Waals surface area contributed by atoms with Crippen LogP contribution in [0.15, 0.2) is 101 Å². The van der Waals surface area contributed by atoms with Crippen molar-refractivity contribution >= 4 is 22.2 Å². The van der Waals surface area contributed by atoms with Gasteiger partial charge in [0.1, 0.15) is 17.2 Å². The largest absolute Gasteiger partial charge is 0.349 e. The maximum absolute atomic E-state index is 14.5. The van der Waals surface area contributed by atoms with Crippen LogP contribution in [0.1, 0.15) is 34.3 Å². The van der Waals surface area contributed by atoms with Gasteiger partial charge < -0.3 is 5.32 Å². The van der Waals surface area contributed by atoms with Crippen LogP contribution < -0.4 is 10.9 Å². The Bertz CT molecular complexity index is 1950. The quantitative estimate of drug-likeness (QED) is 0.240. The predicted octanol–water partition coefficient (Wildman–Crippen LogP) is 6.01. The molecule has 0 aliphatic carbocycles. The first-order valence-corrected chi connectivity index (χ1v) is 14.5. The van der Waals surface area contributed by atoms with Crippen LogP contribution in [-0.2, 0) is 17.6 Å². The second kappa shape index (κ2) is 11.5. The summed E-state index contributed by atoms with van der Waals surface area (Å²) in [5.41, 5.74) is 4.54. The summed E-state index contributed by atoms with van der Waals surface area (Å²) in [6.07, 6.45) is 0.640. The summed E-state index contributed by atoms with van der Waals surface area (Å²) in [4.78, 5) is 32.5. The van der Waals surface area contributed by atoms with Crippen LogP contribution in [0.3, 0.4) is 0 Å². The number of thiazole rings is 1. The minimum Gasteiger partial charge on any atom is -0.349 e. The molecule has 1 N–H and O–H groups in total. The Balaban J connectivity index is 1.32. The molecular weight excluding hydrogens is 549 g/mol. The Labute approximate surface area is 245 Å². The van der Waals surface area contributed by atoms with E-state index in [0.29, 0.717) is 45.4 Å². The fourth-order valence-corrected chi connectivity index (χ4v) is 6.11. The molecule has 0 unspecified atom stereocenters. The number of nitrogens with zero attached hydrogens (tertiary/aromatic N) is 4. The van der Waals surface area contributed by atoms with Crippen molar-refractivity contribution in [2.24, 2.45) is 0 Å². The van der Waals surface area contributed by atoms with Crippen molar-refractivity contribution < 1.29 is 9.18 Å². The van der Waals surface area contributed by atoms with Crippen molar-refractivity contribution in [3.63, 3.8) is 0 Å². The molecule has 0 radical (unpaired) electrons. The zero-order chi connectivity index (χ0) is 29.2. The van der Waals surface area contributed by atoms with Crippen molar-refractivity contribution in [1.82, 2.24) is 24.5 Å².